The van der Waals surface area contributed by atoms with Crippen LogP contribution in [0.25, 0.3) is 0 Å². The van der Waals surface area contributed by atoms with E-state index in [1.165, 1.54) is 25.9 Å². The molecule has 2 heterocycles. The van der Waals surface area contributed by atoms with Gasteiger partial charge in [-0.3, -0.25) is 4.90 Å². The molecule has 0 bridgehead atoms. The van der Waals surface area contributed by atoms with Crippen LogP contribution in [0.5, 0.6) is 0 Å². The molecule has 0 atom stereocenters. The zero-order valence-electron chi connectivity index (χ0n) is 9.80. The topological polar surface area (TPSA) is 41.5 Å². The number of nitrogens with zero attached hydrogens (tertiary/aromatic N) is 4. The number of hydrogen-bond donors (Lipinski definition) is 0. The molecule has 0 unspecified atom stereocenters. The van der Waals surface area contributed by atoms with Gasteiger partial charge in [0.2, 0.25) is 0 Å². The molecule has 5 heteroatoms. The summed E-state index contributed by atoms with van der Waals surface area (Å²) >= 11 is 0. The Labute approximate surface area is 95.6 Å². The van der Waals surface area contributed by atoms with Crippen LogP contribution < -0.4 is 4.57 Å². The fraction of sp³-hybridized carbons (Fsp3) is 0.727. The second kappa shape index (κ2) is 5.21. The molecule has 0 radical (unpaired) electrons. The van der Waals surface area contributed by atoms with Crippen LogP contribution in [-0.2, 0) is 20.1 Å². The Hall–Kier alpha value is -1.23. The molecule has 2 rings (SSSR count). The third kappa shape index (κ3) is 2.47. The first-order valence-corrected chi connectivity index (χ1v) is 5.86. The molecule has 1 aliphatic rings. The fourth-order valence-corrected chi connectivity index (χ4v) is 2.27. The van der Waals surface area contributed by atoms with Crippen molar-refractivity contribution in [3.05, 3.63) is 23.1 Å². The van der Waals surface area contributed by atoms with Crippen LogP contribution in [0.1, 0.15) is 18.7 Å². The van der Waals surface area contributed by atoms with E-state index < -0.39 is 0 Å². The summed E-state index contributed by atoms with van der Waals surface area (Å²) in [7, 11) is 1.95. The highest BCUT2D eigenvalue weighted by Gasteiger charge is 2.17. The van der Waals surface area contributed by atoms with E-state index in [1.54, 1.807) is 0 Å². The lowest BCUT2D eigenvalue weighted by atomic mass is 10.4. The zero-order valence-corrected chi connectivity index (χ0v) is 9.80. The maximum atomic E-state index is 10.4. The van der Waals surface area contributed by atoms with Gasteiger partial charge in [0, 0.05) is 6.54 Å². The summed E-state index contributed by atoms with van der Waals surface area (Å²) in [6.07, 6.45) is 6.64. The van der Waals surface area contributed by atoms with Crippen LogP contribution in [0.3, 0.4) is 0 Å². The predicted molar refractivity (Wildman–Crippen MR) is 60.8 cm³/mol. The third-order valence-electron chi connectivity index (χ3n) is 3.27. The van der Waals surface area contributed by atoms with Crippen molar-refractivity contribution in [2.24, 2.45) is 12.2 Å². The molecule has 0 saturated carbocycles. The summed E-state index contributed by atoms with van der Waals surface area (Å²) in [6.45, 7) is 4.71. The quantitative estimate of drug-likeness (QED) is 0.544. The summed E-state index contributed by atoms with van der Waals surface area (Å²) in [6, 6.07) is 0. The molecule has 0 aliphatic carbocycles. The summed E-state index contributed by atoms with van der Waals surface area (Å²) < 4.78 is 4.09. The lowest BCUT2D eigenvalue weighted by molar-refractivity contribution is -0.678. The van der Waals surface area contributed by atoms with Crippen molar-refractivity contribution in [1.82, 2.24) is 9.47 Å². The van der Waals surface area contributed by atoms with Crippen LogP contribution in [0.4, 0.5) is 0 Å². The van der Waals surface area contributed by atoms with Crippen molar-refractivity contribution in [3.8, 4) is 0 Å². The van der Waals surface area contributed by atoms with E-state index in [2.05, 4.69) is 14.6 Å². The Bertz CT molecular complexity index is 355. The SMILES string of the molecule is C[n+]1ccn(CCN2CCCC2)c1CN=O. The van der Waals surface area contributed by atoms with Crippen molar-refractivity contribution >= 4 is 0 Å². The monoisotopic (exact) mass is 223 g/mol. The Morgan fingerprint density at radius 2 is 2.12 bits per heavy atom. The molecule has 5 nitrogen and oxygen atoms in total. The molecule has 1 saturated heterocycles. The molecule has 1 aromatic rings. The molecule has 0 N–H and O–H groups in total. The van der Waals surface area contributed by atoms with Crippen LogP contribution in [0, 0.1) is 4.91 Å². The Kier molecular flexibility index (Phi) is 3.66. The standard InChI is InChI=1S/C11H19N4O/c1-13-6-8-15(11(13)10-12-16)9-7-14-4-2-3-5-14/h6,8H,2-5,7,9-10H2,1H3/q+1. The van der Waals surface area contributed by atoms with Crippen LogP contribution in [0.2, 0.25) is 0 Å². The number of aromatic nitrogens is 2. The smallest absolute Gasteiger partial charge is 0.281 e. The van der Waals surface area contributed by atoms with Gasteiger partial charge in [0.25, 0.3) is 5.82 Å². The van der Waals surface area contributed by atoms with Gasteiger partial charge in [-0.2, -0.15) is 4.91 Å². The Balaban J connectivity index is 1.94. The lowest BCUT2D eigenvalue weighted by Crippen LogP contribution is -2.33. The summed E-state index contributed by atoms with van der Waals surface area (Å²) in [5.74, 6) is 0.981. The van der Waals surface area contributed by atoms with Crippen LogP contribution in [0.15, 0.2) is 17.6 Å². The molecular formula is C11H19N4O+. The van der Waals surface area contributed by atoms with Gasteiger partial charge in [0.15, 0.2) is 6.54 Å². The summed E-state index contributed by atoms with van der Waals surface area (Å²) in [5, 5.41) is 2.97. The number of imidazole rings is 1. The van der Waals surface area contributed by atoms with Crippen LogP contribution in [-0.4, -0.2) is 29.1 Å². The largest absolute Gasteiger partial charge is 0.299 e. The highest BCUT2D eigenvalue weighted by Crippen LogP contribution is 2.07. The first kappa shape index (κ1) is 11.3. The van der Waals surface area contributed by atoms with Gasteiger partial charge in [0.1, 0.15) is 18.9 Å². The van der Waals surface area contributed by atoms with E-state index in [4.69, 9.17) is 0 Å². The van der Waals surface area contributed by atoms with Crippen molar-refractivity contribution in [3.63, 3.8) is 0 Å². The summed E-state index contributed by atoms with van der Waals surface area (Å²) in [4.78, 5) is 12.8. The van der Waals surface area contributed by atoms with E-state index in [0.29, 0.717) is 0 Å². The molecule has 1 fully saturated rings. The van der Waals surface area contributed by atoms with Gasteiger partial charge < -0.3 is 0 Å². The molecule has 0 spiro atoms. The second-order valence-corrected chi connectivity index (χ2v) is 4.35. The molecule has 88 valence electrons. The average molecular weight is 223 g/mol. The Morgan fingerprint density at radius 1 is 1.38 bits per heavy atom. The van der Waals surface area contributed by atoms with Crippen molar-refractivity contribution < 1.29 is 4.57 Å². The van der Waals surface area contributed by atoms with E-state index in [9.17, 15) is 4.91 Å². The molecular weight excluding hydrogens is 204 g/mol. The van der Waals surface area contributed by atoms with Gasteiger partial charge in [0.05, 0.1) is 7.05 Å². The fourth-order valence-electron chi connectivity index (χ4n) is 2.27. The zero-order chi connectivity index (χ0) is 11.4. The maximum Gasteiger partial charge on any atom is 0.281 e. The minimum absolute atomic E-state index is 0.253. The number of aryl methyl sites for hydroxylation is 1. The van der Waals surface area contributed by atoms with Gasteiger partial charge in [-0.05, 0) is 25.9 Å². The molecule has 16 heavy (non-hydrogen) atoms. The van der Waals surface area contributed by atoms with Gasteiger partial charge >= 0.3 is 0 Å². The van der Waals surface area contributed by atoms with E-state index in [0.717, 1.165) is 18.9 Å². The first-order valence-electron chi connectivity index (χ1n) is 5.86. The minimum atomic E-state index is 0.253. The van der Waals surface area contributed by atoms with E-state index in [1.807, 2.05) is 24.0 Å². The minimum Gasteiger partial charge on any atom is -0.299 e. The third-order valence-corrected chi connectivity index (χ3v) is 3.27. The van der Waals surface area contributed by atoms with Crippen molar-refractivity contribution in [2.75, 3.05) is 19.6 Å². The highest BCUT2D eigenvalue weighted by molar-refractivity contribution is 4.84. The van der Waals surface area contributed by atoms with Crippen LogP contribution >= 0.6 is 0 Å². The molecule has 0 amide bonds. The number of hydrogen-bond acceptors (Lipinski definition) is 3. The number of nitroso groups, excluding NO2 is 1. The van der Waals surface area contributed by atoms with E-state index >= 15 is 0 Å². The van der Waals surface area contributed by atoms with Gasteiger partial charge in [-0.15, -0.1) is 0 Å². The lowest BCUT2D eigenvalue weighted by Gasteiger charge is -2.12. The first-order chi connectivity index (χ1) is 7.81. The molecule has 1 aliphatic heterocycles. The molecule has 1 aromatic heterocycles. The average Bonchev–Trinajstić information content (AvgIpc) is 2.89. The Morgan fingerprint density at radius 3 is 2.81 bits per heavy atom. The summed E-state index contributed by atoms with van der Waals surface area (Å²) in [5.41, 5.74) is 0. The highest BCUT2D eigenvalue weighted by atomic mass is 16.3. The maximum absolute atomic E-state index is 10.4. The number of rotatable bonds is 5. The molecule has 0 aromatic carbocycles. The predicted octanol–water partition coefficient (Wildman–Crippen LogP) is 0.675. The van der Waals surface area contributed by atoms with Gasteiger partial charge in [-0.25, -0.2) is 9.13 Å². The number of likely N-dealkylation sites (tertiary alicyclic amines) is 1. The normalized spacial score (nSPS) is 16.8. The van der Waals surface area contributed by atoms with Gasteiger partial charge in [-0.1, -0.05) is 5.18 Å². The van der Waals surface area contributed by atoms with Crippen molar-refractivity contribution in [1.29, 1.82) is 0 Å². The van der Waals surface area contributed by atoms with Crippen molar-refractivity contribution in [2.45, 2.75) is 25.9 Å². The second-order valence-electron chi connectivity index (χ2n) is 4.35. The van der Waals surface area contributed by atoms with E-state index in [-0.39, 0.29) is 6.54 Å².